The number of aryl methyl sites for hydroxylation is 2. The number of hydrogen-bond donors (Lipinski definition) is 4. The average Bonchev–Trinajstić information content (AvgIpc) is 2.66. The predicted molar refractivity (Wildman–Crippen MR) is 101 cm³/mol. The number of rotatable bonds is 4. The molecule has 26 heavy (non-hydrogen) atoms. The Kier molecular flexibility index (Phi) is 5.26. The van der Waals surface area contributed by atoms with Gasteiger partial charge in [0.15, 0.2) is 0 Å². The molecule has 3 rings (SSSR count). The van der Waals surface area contributed by atoms with Crippen LogP contribution in [0.15, 0.2) is 24.3 Å². The molecule has 0 heterocycles. The lowest BCUT2D eigenvalue weighted by atomic mass is 9.64. The molecule has 4 nitrogen and oxygen atoms in total. The SMILES string of the molecule is Cc1cc(C2(c3cc(C)c(O)c(CO)c3)CCCCC2)cc(CO)c1O. The minimum atomic E-state index is -0.233. The lowest BCUT2D eigenvalue weighted by Crippen LogP contribution is -2.31. The predicted octanol–water partition coefficient (Wildman–Crippen LogP) is 3.95. The summed E-state index contributed by atoms with van der Waals surface area (Å²) in [7, 11) is 0. The maximum absolute atomic E-state index is 10.2. The van der Waals surface area contributed by atoms with Crippen molar-refractivity contribution in [2.45, 2.75) is 64.6 Å². The van der Waals surface area contributed by atoms with E-state index in [2.05, 4.69) is 0 Å². The molecule has 0 bridgehead atoms. The largest absolute Gasteiger partial charge is 0.507 e. The van der Waals surface area contributed by atoms with Crippen LogP contribution < -0.4 is 0 Å². The summed E-state index contributed by atoms with van der Waals surface area (Å²) in [5.74, 6) is 0.306. The van der Waals surface area contributed by atoms with E-state index in [1.165, 1.54) is 6.42 Å². The second-order valence-corrected chi connectivity index (χ2v) is 7.56. The Balaban J connectivity index is 2.24. The summed E-state index contributed by atoms with van der Waals surface area (Å²) in [4.78, 5) is 0. The molecule has 0 spiro atoms. The van der Waals surface area contributed by atoms with Crippen LogP contribution in [0, 0.1) is 13.8 Å². The highest BCUT2D eigenvalue weighted by molar-refractivity contribution is 5.52. The quantitative estimate of drug-likeness (QED) is 0.669. The van der Waals surface area contributed by atoms with Crippen LogP contribution in [0.5, 0.6) is 11.5 Å². The van der Waals surface area contributed by atoms with Gasteiger partial charge in [-0.05, 0) is 61.1 Å². The summed E-state index contributed by atoms with van der Waals surface area (Å²) in [5.41, 5.74) is 4.55. The van der Waals surface area contributed by atoms with Crippen molar-refractivity contribution >= 4 is 0 Å². The molecule has 1 aliphatic rings. The Hall–Kier alpha value is -2.04. The number of phenols is 2. The molecule has 1 saturated carbocycles. The first-order chi connectivity index (χ1) is 12.4. The van der Waals surface area contributed by atoms with Crippen molar-refractivity contribution < 1.29 is 20.4 Å². The summed E-state index contributed by atoms with van der Waals surface area (Å²) in [6.45, 7) is 3.31. The fourth-order valence-electron chi connectivity index (χ4n) is 4.40. The summed E-state index contributed by atoms with van der Waals surface area (Å²) >= 11 is 0. The van der Waals surface area contributed by atoms with E-state index in [1.807, 2.05) is 38.1 Å². The highest BCUT2D eigenvalue weighted by atomic mass is 16.3. The molecule has 0 aliphatic heterocycles. The van der Waals surface area contributed by atoms with E-state index in [0.717, 1.165) is 47.9 Å². The Bertz CT molecular complexity index is 743. The maximum atomic E-state index is 10.2. The Morgan fingerprint density at radius 3 is 1.54 bits per heavy atom. The smallest absolute Gasteiger partial charge is 0.124 e. The molecule has 2 aromatic carbocycles. The van der Waals surface area contributed by atoms with E-state index in [0.29, 0.717) is 11.1 Å². The second kappa shape index (κ2) is 7.29. The topological polar surface area (TPSA) is 80.9 Å². The third-order valence-electron chi connectivity index (χ3n) is 5.91. The van der Waals surface area contributed by atoms with Gasteiger partial charge in [0.2, 0.25) is 0 Å². The highest BCUT2D eigenvalue weighted by Gasteiger charge is 2.37. The van der Waals surface area contributed by atoms with E-state index in [1.54, 1.807) is 0 Å². The van der Waals surface area contributed by atoms with Crippen molar-refractivity contribution in [3.63, 3.8) is 0 Å². The minimum absolute atomic E-state index is 0.153. The van der Waals surface area contributed by atoms with Gasteiger partial charge in [-0.1, -0.05) is 31.4 Å². The Labute approximate surface area is 154 Å². The zero-order chi connectivity index (χ0) is 18.9. The fourth-order valence-corrected chi connectivity index (χ4v) is 4.40. The zero-order valence-electron chi connectivity index (χ0n) is 15.5. The summed E-state index contributed by atoms with van der Waals surface area (Å²) in [6, 6.07) is 7.85. The van der Waals surface area contributed by atoms with Crippen LogP contribution in [0.3, 0.4) is 0 Å². The van der Waals surface area contributed by atoms with Gasteiger partial charge < -0.3 is 20.4 Å². The zero-order valence-corrected chi connectivity index (χ0v) is 15.5. The van der Waals surface area contributed by atoms with E-state index in [-0.39, 0.29) is 30.1 Å². The minimum Gasteiger partial charge on any atom is -0.507 e. The number of aliphatic hydroxyl groups excluding tert-OH is 2. The molecule has 0 amide bonds. The molecule has 0 saturated heterocycles. The molecule has 140 valence electrons. The third kappa shape index (κ3) is 3.08. The van der Waals surface area contributed by atoms with Crippen LogP contribution in [0.1, 0.15) is 65.5 Å². The van der Waals surface area contributed by atoms with Crippen molar-refractivity contribution in [1.82, 2.24) is 0 Å². The molecule has 0 aromatic heterocycles. The number of hydrogen-bond acceptors (Lipinski definition) is 4. The molecule has 2 aromatic rings. The second-order valence-electron chi connectivity index (χ2n) is 7.56. The van der Waals surface area contributed by atoms with E-state index >= 15 is 0 Å². The van der Waals surface area contributed by atoms with Crippen LogP contribution in [-0.2, 0) is 18.6 Å². The van der Waals surface area contributed by atoms with Crippen LogP contribution >= 0.6 is 0 Å². The molecular formula is C22H28O4. The van der Waals surface area contributed by atoms with Crippen molar-refractivity contribution in [3.8, 4) is 11.5 Å². The highest BCUT2D eigenvalue weighted by Crippen LogP contribution is 2.47. The van der Waals surface area contributed by atoms with Gasteiger partial charge in [0, 0.05) is 16.5 Å². The van der Waals surface area contributed by atoms with Gasteiger partial charge in [0.1, 0.15) is 11.5 Å². The standard InChI is InChI=1S/C22H28O4/c1-14-8-18(10-16(12-23)20(14)25)22(6-4-3-5-7-22)19-9-15(2)21(26)17(11-19)13-24/h8-11,23-26H,3-7,12-13H2,1-2H3. The third-order valence-corrected chi connectivity index (χ3v) is 5.91. The fraction of sp³-hybridized carbons (Fsp3) is 0.455. The van der Waals surface area contributed by atoms with Crippen LogP contribution in [0.4, 0.5) is 0 Å². The molecule has 0 radical (unpaired) electrons. The van der Waals surface area contributed by atoms with Crippen LogP contribution in [0.2, 0.25) is 0 Å². The lowest BCUT2D eigenvalue weighted by molar-refractivity contribution is 0.273. The van der Waals surface area contributed by atoms with Gasteiger partial charge in [0.05, 0.1) is 13.2 Å². The van der Waals surface area contributed by atoms with Gasteiger partial charge >= 0.3 is 0 Å². The molecule has 0 atom stereocenters. The summed E-state index contributed by atoms with van der Waals surface area (Å²) in [5, 5.41) is 39.7. The first-order valence-corrected chi connectivity index (χ1v) is 9.30. The van der Waals surface area contributed by atoms with Crippen molar-refractivity contribution in [2.75, 3.05) is 0 Å². The maximum Gasteiger partial charge on any atom is 0.124 e. The molecule has 1 aliphatic carbocycles. The summed E-state index contributed by atoms with van der Waals surface area (Å²) in [6.07, 6.45) is 5.33. The molecular weight excluding hydrogens is 328 g/mol. The number of benzene rings is 2. The van der Waals surface area contributed by atoms with Gasteiger partial charge in [0.25, 0.3) is 0 Å². The van der Waals surface area contributed by atoms with Crippen molar-refractivity contribution in [3.05, 3.63) is 57.6 Å². The number of aliphatic hydroxyl groups is 2. The van der Waals surface area contributed by atoms with E-state index < -0.39 is 0 Å². The van der Waals surface area contributed by atoms with Gasteiger partial charge in [-0.25, -0.2) is 0 Å². The average molecular weight is 356 g/mol. The van der Waals surface area contributed by atoms with E-state index in [4.69, 9.17) is 0 Å². The van der Waals surface area contributed by atoms with Crippen LogP contribution in [-0.4, -0.2) is 20.4 Å². The van der Waals surface area contributed by atoms with Crippen molar-refractivity contribution in [2.24, 2.45) is 0 Å². The Morgan fingerprint density at radius 2 is 1.15 bits per heavy atom. The molecule has 1 fully saturated rings. The van der Waals surface area contributed by atoms with E-state index in [9.17, 15) is 20.4 Å². The first-order valence-electron chi connectivity index (χ1n) is 9.30. The lowest BCUT2D eigenvalue weighted by Gasteiger charge is -2.39. The first kappa shape index (κ1) is 18.7. The molecule has 4 heteroatoms. The van der Waals surface area contributed by atoms with Gasteiger partial charge in [-0.2, -0.15) is 0 Å². The Morgan fingerprint density at radius 1 is 0.731 bits per heavy atom. The van der Waals surface area contributed by atoms with Crippen molar-refractivity contribution in [1.29, 1.82) is 0 Å². The molecule has 0 unspecified atom stereocenters. The monoisotopic (exact) mass is 356 g/mol. The van der Waals surface area contributed by atoms with Crippen LogP contribution in [0.25, 0.3) is 0 Å². The van der Waals surface area contributed by atoms with Gasteiger partial charge in [-0.15, -0.1) is 0 Å². The normalized spacial score (nSPS) is 16.6. The summed E-state index contributed by atoms with van der Waals surface area (Å²) < 4.78 is 0. The van der Waals surface area contributed by atoms with Gasteiger partial charge in [-0.3, -0.25) is 0 Å². The molecule has 4 N–H and O–H groups in total. The number of aromatic hydroxyl groups is 2.